The molecule has 18 heavy (non-hydrogen) atoms. The zero-order valence-corrected chi connectivity index (χ0v) is 11.0. The Bertz CT molecular complexity index is 656. The number of hydrogen-bond donors (Lipinski definition) is 1. The first-order valence-corrected chi connectivity index (χ1v) is 6.91. The van der Waals surface area contributed by atoms with Crippen LogP contribution in [0.5, 0.6) is 0 Å². The number of nitrogens with one attached hydrogen (secondary N) is 1. The third-order valence-corrected chi connectivity index (χ3v) is 3.95. The maximum absolute atomic E-state index is 12.1. The van der Waals surface area contributed by atoms with E-state index in [9.17, 15) is 8.42 Å². The molecular formula is C11H10ClN3O2S. The molecule has 0 atom stereocenters. The molecule has 1 aromatic heterocycles. The Morgan fingerprint density at radius 2 is 1.89 bits per heavy atom. The zero-order chi connectivity index (χ0) is 13.2. The number of sulfonamides is 1. The van der Waals surface area contributed by atoms with Gasteiger partial charge in [0.15, 0.2) is 5.82 Å². The molecule has 94 valence electrons. The Hall–Kier alpha value is -1.66. The highest BCUT2D eigenvalue weighted by Crippen LogP contribution is 2.17. The average molecular weight is 284 g/mol. The normalized spacial score (nSPS) is 11.2. The van der Waals surface area contributed by atoms with Gasteiger partial charge in [-0.3, -0.25) is 4.72 Å². The van der Waals surface area contributed by atoms with Crippen molar-refractivity contribution >= 4 is 27.4 Å². The third kappa shape index (κ3) is 2.77. The molecule has 0 amide bonds. The molecule has 0 fully saturated rings. The maximum atomic E-state index is 12.1. The minimum atomic E-state index is -3.65. The fraction of sp³-hybridized carbons (Fsp3) is 0.0909. The van der Waals surface area contributed by atoms with Crippen molar-refractivity contribution in [3.05, 3.63) is 47.4 Å². The first-order valence-electron chi connectivity index (χ1n) is 5.05. The molecule has 2 rings (SSSR count). The van der Waals surface area contributed by atoms with Gasteiger partial charge in [0.1, 0.15) is 5.15 Å². The summed E-state index contributed by atoms with van der Waals surface area (Å²) in [6, 6.07) is 6.69. The molecule has 2 aromatic rings. The predicted molar refractivity (Wildman–Crippen MR) is 69.0 cm³/mol. The summed E-state index contributed by atoms with van der Waals surface area (Å²) in [5.74, 6) is 0.127. The summed E-state index contributed by atoms with van der Waals surface area (Å²) in [4.78, 5) is 7.80. The predicted octanol–water partition coefficient (Wildman–Crippen LogP) is 2.24. The van der Waals surface area contributed by atoms with Crippen molar-refractivity contribution < 1.29 is 8.42 Å². The Labute approximate surface area is 110 Å². The van der Waals surface area contributed by atoms with Gasteiger partial charge >= 0.3 is 0 Å². The van der Waals surface area contributed by atoms with E-state index in [0.29, 0.717) is 5.56 Å². The van der Waals surface area contributed by atoms with Crippen molar-refractivity contribution in [1.29, 1.82) is 0 Å². The molecule has 0 spiro atoms. The van der Waals surface area contributed by atoms with Gasteiger partial charge in [0, 0.05) is 0 Å². The van der Waals surface area contributed by atoms with Crippen molar-refractivity contribution in [2.45, 2.75) is 11.8 Å². The van der Waals surface area contributed by atoms with Crippen LogP contribution in [0.3, 0.4) is 0 Å². The first kappa shape index (κ1) is 12.8. The Morgan fingerprint density at radius 1 is 1.17 bits per heavy atom. The minimum absolute atomic E-state index is 0.127. The fourth-order valence-electron chi connectivity index (χ4n) is 1.42. The molecule has 0 radical (unpaired) electrons. The van der Waals surface area contributed by atoms with E-state index in [0.717, 1.165) is 0 Å². The van der Waals surface area contributed by atoms with E-state index in [-0.39, 0.29) is 15.9 Å². The Morgan fingerprint density at radius 3 is 2.50 bits per heavy atom. The second kappa shape index (κ2) is 4.91. The molecule has 0 aliphatic carbocycles. The molecule has 0 bridgehead atoms. The van der Waals surface area contributed by atoms with Crippen LogP contribution in [0.1, 0.15) is 5.56 Å². The fourth-order valence-corrected chi connectivity index (χ4v) is 2.75. The summed E-state index contributed by atoms with van der Waals surface area (Å²) in [6.07, 6.45) is 2.54. The summed E-state index contributed by atoms with van der Waals surface area (Å²) in [5.41, 5.74) is 0.659. The van der Waals surface area contributed by atoms with Crippen molar-refractivity contribution in [2.75, 3.05) is 4.72 Å². The van der Waals surface area contributed by atoms with Crippen LogP contribution in [0, 0.1) is 6.92 Å². The van der Waals surface area contributed by atoms with Crippen LogP contribution >= 0.6 is 11.6 Å². The molecule has 1 N–H and O–H groups in total. The maximum Gasteiger partial charge on any atom is 0.263 e. The summed E-state index contributed by atoms with van der Waals surface area (Å²) >= 11 is 5.57. The number of nitrogens with zero attached hydrogens (tertiary/aromatic N) is 2. The van der Waals surface area contributed by atoms with Crippen LogP contribution in [0.2, 0.25) is 5.15 Å². The molecule has 0 aliphatic heterocycles. The lowest BCUT2D eigenvalue weighted by Gasteiger charge is -2.08. The average Bonchev–Trinajstić information content (AvgIpc) is 2.32. The van der Waals surface area contributed by atoms with E-state index in [1.54, 1.807) is 25.1 Å². The Kier molecular flexibility index (Phi) is 3.49. The first-order chi connectivity index (χ1) is 8.49. The topological polar surface area (TPSA) is 72.0 Å². The van der Waals surface area contributed by atoms with Crippen LogP contribution in [-0.2, 0) is 10.0 Å². The molecule has 0 saturated heterocycles. The largest absolute Gasteiger partial charge is 0.263 e. The zero-order valence-electron chi connectivity index (χ0n) is 9.46. The van der Waals surface area contributed by atoms with Crippen LogP contribution in [0.4, 0.5) is 5.82 Å². The van der Waals surface area contributed by atoms with Gasteiger partial charge in [-0.25, -0.2) is 18.4 Å². The summed E-state index contributed by atoms with van der Waals surface area (Å²) in [7, 11) is -3.65. The standard InChI is InChI=1S/C11H10ClN3O2S/c1-8-4-2-3-5-9(8)18(16,17)15-11-7-13-10(12)6-14-11/h2-7H,1H3,(H,14,15). The lowest BCUT2D eigenvalue weighted by atomic mass is 10.2. The second-order valence-electron chi connectivity index (χ2n) is 3.60. The van der Waals surface area contributed by atoms with E-state index in [4.69, 9.17) is 11.6 Å². The number of halogens is 1. The van der Waals surface area contributed by atoms with E-state index in [1.807, 2.05) is 0 Å². The number of benzene rings is 1. The summed E-state index contributed by atoms with van der Waals surface area (Å²) < 4.78 is 26.5. The van der Waals surface area contributed by atoms with Gasteiger partial charge in [-0.2, -0.15) is 0 Å². The van der Waals surface area contributed by atoms with Gasteiger partial charge in [-0.05, 0) is 18.6 Å². The van der Waals surface area contributed by atoms with Crippen LogP contribution in [0.15, 0.2) is 41.6 Å². The smallest absolute Gasteiger partial charge is 0.262 e. The summed E-state index contributed by atoms with van der Waals surface area (Å²) in [5, 5.41) is 0.203. The molecule has 0 aliphatic rings. The number of anilines is 1. The van der Waals surface area contributed by atoms with E-state index >= 15 is 0 Å². The number of aromatic nitrogens is 2. The summed E-state index contributed by atoms with van der Waals surface area (Å²) in [6.45, 7) is 1.72. The highest BCUT2D eigenvalue weighted by molar-refractivity contribution is 7.92. The molecule has 0 saturated carbocycles. The van der Waals surface area contributed by atoms with Crippen molar-refractivity contribution in [2.24, 2.45) is 0 Å². The number of hydrogen-bond acceptors (Lipinski definition) is 4. The lowest BCUT2D eigenvalue weighted by Crippen LogP contribution is -2.15. The van der Waals surface area contributed by atoms with Gasteiger partial charge in [-0.15, -0.1) is 0 Å². The quantitative estimate of drug-likeness (QED) is 0.938. The van der Waals surface area contributed by atoms with Gasteiger partial charge < -0.3 is 0 Å². The minimum Gasteiger partial charge on any atom is -0.262 e. The van der Waals surface area contributed by atoms with Crippen LogP contribution in [-0.4, -0.2) is 18.4 Å². The second-order valence-corrected chi connectivity index (χ2v) is 5.63. The van der Waals surface area contributed by atoms with Crippen molar-refractivity contribution in [1.82, 2.24) is 9.97 Å². The number of aryl methyl sites for hydroxylation is 1. The molecule has 5 nitrogen and oxygen atoms in total. The highest BCUT2D eigenvalue weighted by atomic mass is 35.5. The number of rotatable bonds is 3. The van der Waals surface area contributed by atoms with Crippen LogP contribution < -0.4 is 4.72 Å². The van der Waals surface area contributed by atoms with Gasteiger partial charge in [0.05, 0.1) is 17.3 Å². The van der Waals surface area contributed by atoms with Gasteiger partial charge in [0.2, 0.25) is 0 Å². The van der Waals surface area contributed by atoms with Gasteiger partial charge in [0.25, 0.3) is 10.0 Å². The molecule has 1 heterocycles. The lowest BCUT2D eigenvalue weighted by molar-refractivity contribution is 0.600. The molecule has 1 aromatic carbocycles. The highest BCUT2D eigenvalue weighted by Gasteiger charge is 2.16. The van der Waals surface area contributed by atoms with Crippen LogP contribution in [0.25, 0.3) is 0 Å². The van der Waals surface area contributed by atoms with E-state index in [1.165, 1.54) is 18.5 Å². The third-order valence-electron chi connectivity index (χ3n) is 2.24. The van der Waals surface area contributed by atoms with Gasteiger partial charge in [-0.1, -0.05) is 29.8 Å². The van der Waals surface area contributed by atoms with E-state index in [2.05, 4.69) is 14.7 Å². The SMILES string of the molecule is Cc1ccccc1S(=O)(=O)Nc1cnc(Cl)cn1. The van der Waals surface area contributed by atoms with Crippen molar-refractivity contribution in [3.8, 4) is 0 Å². The van der Waals surface area contributed by atoms with E-state index < -0.39 is 10.0 Å². The van der Waals surface area contributed by atoms with Crippen molar-refractivity contribution in [3.63, 3.8) is 0 Å². The molecular weight excluding hydrogens is 274 g/mol. The molecule has 0 unspecified atom stereocenters. The molecule has 7 heteroatoms. The Balaban J connectivity index is 2.33. The monoisotopic (exact) mass is 283 g/mol.